The molecule has 0 bridgehead atoms. The fourth-order valence-corrected chi connectivity index (χ4v) is 3.58. The first-order chi connectivity index (χ1) is 12.0. The largest absolute Gasteiger partial charge is 0.356 e. The smallest absolute Gasteiger partial charge is 0.251 e. The Kier molecular flexibility index (Phi) is 4.06. The van der Waals surface area contributed by atoms with Crippen molar-refractivity contribution in [3.63, 3.8) is 0 Å². The minimum Gasteiger partial charge on any atom is -0.356 e. The summed E-state index contributed by atoms with van der Waals surface area (Å²) < 4.78 is 26.8. The van der Waals surface area contributed by atoms with Crippen LogP contribution in [0.4, 0.5) is 20.4 Å². The molecule has 4 heterocycles. The number of aromatic nitrogens is 2. The number of halogens is 2. The van der Waals surface area contributed by atoms with Crippen LogP contribution in [0.15, 0.2) is 30.5 Å². The quantitative estimate of drug-likeness (QED) is 0.833. The Morgan fingerprint density at radius 1 is 1.04 bits per heavy atom. The van der Waals surface area contributed by atoms with Crippen LogP contribution in [0.1, 0.15) is 29.7 Å². The van der Waals surface area contributed by atoms with Crippen molar-refractivity contribution in [3.05, 3.63) is 47.3 Å². The zero-order chi connectivity index (χ0) is 17.4. The molecule has 0 aromatic carbocycles. The minimum atomic E-state index is -2.53. The topological polar surface area (TPSA) is 32.3 Å². The molecule has 25 heavy (non-hydrogen) atoms. The van der Waals surface area contributed by atoms with Crippen molar-refractivity contribution in [1.29, 1.82) is 0 Å². The average Bonchev–Trinajstić information content (AvgIpc) is 2.61. The standard InChI is InChI=1S/C19H22F2N4/c1-14-11-17(24-9-5-19(20,21)6-10-24)23-18(12-14)25-8-4-16-15(13-25)3-2-7-22-16/h2-3,7,11-12H,4-6,8-10,13H2,1H3. The van der Waals surface area contributed by atoms with Gasteiger partial charge in [-0.3, -0.25) is 4.98 Å². The lowest BCUT2D eigenvalue weighted by molar-refractivity contribution is -0.0221. The van der Waals surface area contributed by atoms with E-state index >= 15 is 0 Å². The van der Waals surface area contributed by atoms with Crippen LogP contribution in [-0.2, 0) is 13.0 Å². The SMILES string of the molecule is Cc1cc(N2CCC(F)(F)CC2)nc(N2CCc3ncccc3C2)c1. The van der Waals surface area contributed by atoms with Crippen LogP contribution in [0, 0.1) is 6.92 Å². The minimum absolute atomic E-state index is 0.0965. The molecule has 0 spiro atoms. The maximum absolute atomic E-state index is 13.4. The van der Waals surface area contributed by atoms with Crippen molar-refractivity contribution in [2.24, 2.45) is 0 Å². The lowest BCUT2D eigenvalue weighted by Crippen LogP contribution is -2.40. The second kappa shape index (κ2) is 6.24. The molecule has 132 valence electrons. The molecular weight excluding hydrogens is 322 g/mol. The molecule has 0 radical (unpaired) electrons. The molecule has 2 aliphatic rings. The van der Waals surface area contributed by atoms with E-state index in [4.69, 9.17) is 4.98 Å². The molecule has 0 atom stereocenters. The van der Waals surface area contributed by atoms with Gasteiger partial charge in [0.25, 0.3) is 5.92 Å². The molecule has 4 rings (SSSR count). The van der Waals surface area contributed by atoms with Gasteiger partial charge in [-0.25, -0.2) is 13.8 Å². The van der Waals surface area contributed by atoms with Crippen molar-refractivity contribution < 1.29 is 8.78 Å². The first-order valence-electron chi connectivity index (χ1n) is 8.79. The van der Waals surface area contributed by atoms with E-state index in [2.05, 4.69) is 22.0 Å². The molecule has 0 unspecified atom stereocenters. The molecule has 0 amide bonds. The van der Waals surface area contributed by atoms with Crippen molar-refractivity contribution >= 4 is 11.6 Å². The number of hydrogen-bond acceptors (Lipinski definition) is 4. The molecule has 6 heteroatoms. The second-order valence-electron chi connectivity index (χ2n) is 6.98. The summed E-state index contributed by atoms with van der Waals surface area (Å²) in [5, 5.41) is 0. The van der Waals surface area contributed by atoms with E-state index in [1.807, 2.05) is 30.2 Å². The molecule has 2 aliphatic heterocycles. The van der Waals surface area contributed by atoms with Gasteiger partial charge in [0.15, 0.2) is 0 Å². The number of piperidine rings is 1. The molecule has 4 nitrogen and oxygen atoms in total. The summed E-state index contributed by atoms with van der Waals surface area (Å²) in [6, 6.07) is 8.14. The van der Waals surface area contributed by atoms with Crippen molar-refractivity contribution in [2.45, 2.75) is 38.7 Å². The molecule has 0 N–H and O–H groups in total. The zero-order valence-corrected chi connectivity index (χ0v) is 14.4. The number of pyridine rings is 2. The van der Waals surface area contributed by atoms with Crippen molar-refractivity contribution in [3.8, 4) is 0 Å². The summed E-state index contributed by atoms with van der Waals surface area (Å²) in [4.78, 5) is 13.5. The highest BCUT2D eigenvalue weighted by molar-refractivity contribution is 5.53. The van der Waals surface area contributed by atoms with E-state index < -0.39 is 5.92 Å². The Morgan fingerprint density at radius 3 is 2.52 bits per heavy atom. The molecular formula is C19H22F2N4. The van der Waals surface area contributed by atoms with E-state index in [1.165, 1.54) is 5.56 Å². The Labute approximate surface area is 146 Å². The van der Waals surface area contributed by atoms with Gasteiger partial charge in [0.05, 0.1) is 0 Å². The first kappa shape index (κ1) is 16.2. The predicted molar refractivity (Wildman–Crippen MR) is 94.4 cm³/mol. The lowest BCUT2D eigenvalue weighted by atomic mass is 10.1. The van der Waals surface area contributed by atoms with Gasteiger partial charge in [0.1, 0.15) is 11.6 Å². The maximum Gasteiger partial charge on any atom is 0.251 e. The van der Waals surface area contributed by atoms with Gasteiger partial charge >= 0.3 is 0 Å². The third-order valence-corrected chi connectivity index (χ3v) is 5.05. The number of rotatable bonds is 2. The van der Waals surface area contributed by atoms with Crippen LogP contribution in [0.2, 0.25) is 0 Å². The van der Waals surface area contributed by atoms with Gasteiger partial charge in [0.2, 0.25) is 0 Å². The first-order valence-corrected chi connectivity index (χ1v) is 8.79. The monoisotopic (exact) mass is 344 g/mol. The van der Waals surface area contributed by atoms with Gasteiger partial charge in [-0.15, -0.1) is 0 Å². The van der Waals surface area contributed by atoms with E-state index in [9.17, 15) is 8.78 Å². The van der Waals surface area contributed by atoms with Gasteiger partial charge in [-0.1, -0.05) is 6.07 Å². The van der Waals surface area contributed by atoms with Crippen molar-refractivity contribution in [2.75, 3.05) is 29.4 Å². The van der Waals surface area contributed by atoms with Gasteiger partial charge in [-0.2, -0.15) is 0 Å². The Balaban J connectivity index is 1.56. The van der Waals surface area contributed by atoms with Crippen LogP contribution >= 0.6 is 0 Å². The molecule has 0 aliphatic carbocycles. The number of hydrogen-bond donors (Lipinski definition) is 0. The zero-order valence-electron chi connectivity index (χ0n) is 14.4. The maximum atomic E-state index is 13.4. The summed E-state index contributed by atoms with van der Waals surface area (Å²) in [5.41, 5.74) is 3.50. The molecule has 2 aromatic heterocycles. The molecule has 2 aromatic rings. The highest BCUT2D eigenvalue weighted by Gasteiger charge is 2.34. The van der Waals surface area contributed by atoms with Crippen LogP contribution in [0.5, 0.6) is 0 Å². The van der Waals surface area contributed by atoms with Gasteiger partial charge in [-0.05, 0) is 36.2 Å². The fraction of sp³-hybridized carbons (Fsp3) is 0.474. The Hall–Kier alpha value is -2.24. The summed E-state index contributed by atoms with van der Waals surface area (Å²) in [6.45, 7) is 4.41. The molecule has 1 fully saturated rings. The van der Waals surface area contributed by atoms with E-state index in [1.54, 1.807) is 0 Å². The highest BCUT2D eigenvalue weighted by atomic mass is 19.3. The van der Waals surface area contributed by atoms with Gasteiger partial charge in [0, 0.05) is 57.3 Å². The molecule has 1 saturated heterocycles. The fourth-order valence-electron chi connectivity index (χ4n) is 3.58. The van der Waals surface area contributed by atoms with E-state index in [-0.39, 0.29) is 12.8 Å². The number of aryl methyl sites for hydroxylation is 1. The van der Waals surface area contributed by atoms with Crippen LogP contribution in [-0.4, -0.2) is 35.5 Å². The molecule has 0 saturated carbocycles. The summed E-state index contributed by atoms with van der Waals surface area (Å²) in [6.07, 6.45) is 2.54. The Morgan fingerprint density at radius 2 is 1.76 bits per heavy atom. The summed E-state index contributed by atoms with van der Waals surface area (Å²) >= 11 is 0. The van der Waals surface area contributed by atoms with Gasteiger partial charge < -0.3 is 9.80 Å². The van der Waals surface area contributed by atoms with E-state index in [0.29, 0.717) is 13.1 Å². The Bertz CT molecular complexity index is 768. The number of fused-ring (bicyclic) bond motifs is 1. The van der Waals surface area contributed by atoms with E-state index in [0.717, 1.165) is 42.4 Å². The number of alkyl halides is 2. The van der Waals surface area contributed by atoms with Crippen molar-refractivity contribution in [1.82, 2.24) is 9.97 Å². The number of anilines is 2. The van der Waals surface area contributed by atoms with Crippen LogP contribution in [0.3, 0.4) is 0 Å². The lowest BCUT2D eigenvalue weighted by Gasteiger charge is -2.34. The van der Waals surface area contributed by atoms with Crippen LogP contribution in [0.25, 0.3) is 0 Å². The normalized spacial score (nSPS) is 19.6. The van der Waals surface area contributed by atoms with Crippen LogP contribution < -0.4 is 9.80 Å². The summed E-state index contributed by atoms with van der Waals surface area (Å²) in [7, 11) is 0. The average molecular weight is 344 g/mol. The number of nitrogens with zero attached hydrogens (tertiary/aromatic N) is 4. The predicted octanol–water partition coefficient (Wildman–Crippen LogP) is 3.58. The third-order valence-electron chi connectivity index (χ3n) is 5.05. The highest BCUT2D eigenvalue weighted by Crippen LogP contribution is 2.31. The third kappa shape index (κ3) is 3.43. The summed E-state index contributed by atoms with van der Waals surface area (Å²) in [5.74, 6) is -0.809. The second-order valence-corrected chi connectivity index (χ2v) is 6.98.